The molecule has 1 aromatic carbocycles. The molecule has 1 unspecified atom stereocenters. The third-order valence-corrected chi connectivity index (χ3v) is 4.25. The third-order valence-electron chi connectivity index (χ3n) is 4.25. The molecule has 2 rings (SSSR count). The van der Waals surface area contributed by atoms with E-state index in [1.54, 1.807) is 0 Å². The van der Waals surface area contributed by atoms with Crippen LogP contribution in [0.5, 0.6) is 0 Å². The molecule has 0 aromatic heterocycles. The zero-order chi connectivity index (χ0) is 14.0. The Kier molecular flexibility index (Phi) is 3.95. The van der Waals surface area contributed by atoms with Crippen molar-refractivity contribution in [3.05, 3.63) is 34.9 Å². The highest BCUT2D eigenvalue weighted by Crippen LogP contribution is 2.29. The fraction of sp³-hybridized carbons (Fsp3) is 0.562. The number of amides is 1. The highest BCUT2D eigenvalue weighted by molar-refractivity contribution is 5.83. The normalized spacial score (nSPS) is 21.4. The molecule has 1 aliphatic heterocycles. The van der Waals surface area contributed by atoms with Gasteiger partial charge in [-0.25, -0.2) is 0 Å². The van der Waals surface area contributed by atoms with Crippen LogP contribution in [0.1, 0.15) is 37.0 Å². The average Bonchev–Trinajstić information content (AvgIpc) is 2.68. The van der Waals surface area contributed by atoms with Crippen LogP contribution in [0.4, 0.5) is 0 Å². The summed E-state index contributed by atoms with van der Waals surface area (Å²) in [5.74, 6) is 0.116. The fourth-order valence-corrected chi connectivity index (χ4v) is 2.81. The standard InChI is InChI=1S/C16H24N2O/c1-11-6-5-7-12(2)13(11)10-18-15(19)14-16(3,4)8-9-17-14/h5-7,14,17H,8-10H2,1-4H3,(H,18,19). The quantitative estimate of drug-likeness (QED) is 0.875. The Labute approximate surface area is 115 Å². The molecule has 1 aliphatic rings. The number of rotatable bonds is 3. The van der Waals surface area contributed by atoms with Crippen LogP contribution in [-0.2, 0) is 11.3 Å². The van der Waals surface area contributed by atoms with E-state index in [2.05, 4.69) is 56.5 Å². The number of hydrogen-bond acceptors (Lipinski definition) is 2. The summed E-state index contributed by atoms with van der Waals surface area (Å²) in [5, 5.41) is 6.38. The minimum Gasteiger partial charge on any atom is -0.351 e. The maximum absolute atomic E-state index is 12.3. The van der Waals surface area contributed by atoms with Gasteiger partial charge in [0, 0.05) is 6.54 Å². The maximum Gasteiger partial charge on any atom is 0.237 e. The van der Waals surface area contributed by atoms with E-state index in [0.717, 1.165) is 13.0 Å². The first-order valence-corrected chi connectivity index (χ1v) is 6.98. The SMILES string of the molecule is Cc1cccc(C)c1CNC(=O)C1NCCC1(C)C. The maximum atomic E-state index is 12.3. The number of nitrogens with one attached hydrogen (secondary N) is 2. The summed E-state index contributed by atoms with van der Waals surface area (Å²) < 4.78 is 0. The molecule has 2 N–H and O–H groups in total. The van der Waals surface area contributed by atoms with Gasteiger partial charge in [-0.2, -0.15) is 0 Å². The summed E-state index contributed by atoms with van der Waals surface area (Å²) in [6.45, 7) is 10.0. The lowest BCUT2D eigenvalue weighted by Crippen LogP contribution is -2.46. The van der Waals surface area contributed by atoms with E-state index < -0.39 is 0 Å². The van der Waals surface area contributed by atoms with Gasteiger partial charge < -0.3 is 10.6 Å². The van der Waals surface area contributed by atoms with Crippen molar-refractivity contribution >= 4 is 5.91 Å². The molecular formula is C16H24N2O. The fourth-order valence-electron chi connectivity index (χ4n) is 2.81. The van der Waals surface area contributed by atoms with Gasteiger partial charge in [0.1, 0.15) is 0 Å². The second-order valence-corrected chi connectivity index (χ2v) is 6.21. The molecule has 0 saturated carbocycles. The second kappa shape index (κ2) is 5.33. The molecule has 1 fully saturated rings. The van der Waals surface area contributed by atoms with Gasteiger partial charge in [-0.15, -0.1) is 0 Å². The smallest absolute Gasteiger partial charge is 0.237 e. The first-order valence-electron chi connectivity index (χ1n) is 6.98. The number of carbonyl (C=O) groups excluding carboxylic acids is 1. The number of benzene rings is 1. The van der Waals surface area contributed by atoms with E-state index in [1.807, 2.05) is 0 Å². The van der Waals surface area contributed by atoms with Gasteiger partial charge in [0.05, 0.1) is 6.04 Å². The molecule has 1 atom stereocenters. The Balaban J connectivity index is 2.01. The monoisotopic (exact) mass is 260 g/mol. The molecule has 3 nitrogen and oxygen atoms in total. The summed E-state index contributed by atoms with van der Waals surface area (Å²) >= 11 is 0. The van der Waals surface area contributed by atoms with E-state index in [4.69, 9.17) is 0 Å². The van der Waals surface area contributed by atoms with Gasteiger partial charge in [-0.3, -0.25) is 4.79 Å². The minimum atomic E-state index is -0.0724. The number of aryl methyl sites for hydroxylation is 2. The molecule has 1 amide bonds. The highest BCUT2D eigenvalue weighted by Gasteiger charge is 2.38. The molecule has 3 heteroatoms. The van der Waals surface area contributed by atoms with Crippen LogP contribution < -0.4 is 10.6 Å². The van der Waals surface area contributed by atoms with Gasteiger partial charge in [0.2, 0.25) is 5.91 Å². The molecular weight excluding hydrogens is 236 g/mol. The molecule has 1 heterocycles. The molecule has 104 valence electrons. The largest absolute Gasteiger partial charge is 0.351 e. The van der Waals surface area contributed by atoms with Gasteiger partial charge in [-0.05, 0) is 48.9 Å². The van der Waals surface area contributed by atoms with Crippen molar-refractivity contribution in [2.45, 2.75) is 46.7 Å². The van der Waals surface area contributed by atoms with Crippen molar-refractivity contribution in [1.82, 2.24) is 10.6 Å². The lowest BCUT2D eigenvalue weighted by atomic mass is 9.84. The van der Waals surface area contributed by atoms with Crippen LogP contribution in [0, 0.1) is 19.3 Å². The predicted molar refractivity (Wildman–Crippen MR) is 78.0 cm³/mol. The first-order chi connectivity index (χ1) is 8.92. The molecule has 19 heavy (non-hydrogen) atoms. The third kappa shape index (κ3) is 2.98. The van der Waals surface area contributed by atoms with Gasteiger partial charge in [-0.1, -0.05) is 32.0 Å². The van der Waals surface area contributed by atoms with Crippen molar-refractivity contribution < 1.29 is 4.79 Å². The van der Waals surface area contributed by atoms with E-state index in [9.17, 15) is 4.79 Å². The van der Waals surface area contributed by atoms with Crippen LogP contribution >= 0.6 is 0 Å². The Hall–Kier alpha value is -1.35. The molecule has 0 aliphatic carbocycles. The van der Waals surface area contributed by atoms with E-state index in [-0.39, 0.29) is 17.4 Å². The van der Waals surface area contributed by atoms with Crippen molar-refractivity contribution in [3.8, 4) is 0 Å². The Morgan fingerprint density at radius 2 is 2.00 bits per heavy atom. The van der Waals surface area contributed by atoms with Crippen LogP contribution in [0.25, 0.3) is 0 Å². The van der Waals surface area contributed by atoms with Gasteiger partial charge >= 0.3 is 0 Å². The van der Waals surface area contributed by atoms with E-state index >= 15 is 0 Å². The Morgan fingerprint density at radius 1 is 1.37 bits per heavy atom. The topological polar surface area (TPSA) is 41.1 Å². The van der Waals surface area contributed by atoms with Gasteiger partial charge in [0.25, 0.3) is 0 Å². The zero-order valence-electron chi connectivity index (χ0n) is 12.3. The first kappa shape index (κ1) is 14.1. The van der Waals surface area contributed by atoms with Crippen molar-refractivity contribution in [1.29, 1.82) is 0 Å². The minimum absolute atomic E-state index is 0.0465. The van der Waals surface area contributed by atoms with Crippen LogP contribution in [-0.4, -0.2) is 18.5 Å². The van der Waals surface area contributed by atoms with Crippen LogP contribution in [0.3, 0.4) is 0 Å². The zero-order valence-corrected chi connectivity index (χ0v) is 12.3. The summed E-state index contributed by atoms with van der Waals surface area (Å²) in [6, 6.07) is 6.16. The van der Waals surface area contributed by atoms with Crippen molar-refractivity contribution in [2.24, 2.45) is 5.41 Å². The van der Waals surface area contributed by atoms with Crippen LogP contribution in [0.15, 0.2) is 18.2 Å². The molecule has 0 spiro atoms. The lowest BCUT2D eigenvalue weighted by Gasteiger charge is -2.25. The van der Waals surface area contributed by atoms with Crippen LogP contribution in [0.2, 0.25) is 0 Å². The van der Waals surface area contributed by atoms with Crippen molar-refractivity contribution in [3.63, 3.8) is 0 Å². The van der Waals surface area contributed by atoms with Gasteiger partial charge in [0.15, 0.2) is 0 Å². The number of carbonyl (C=O) groups is 1. The second-order valence-electron chi connectivity index (χ2n) is 6.21. The highest BCUT2D eigenvalue weighted by atomic mass is 16.2. The van der Waals surface area contributed by atoms with E-state index in [1.165, 1.54) is 16.7 Å². The summed E-state index contributed by atoms with van der Waals surface area (Å²) in [7, 11) is 0. The molecule has 1 aromatic rings. The average molecular weight is 260 g/mol. The molecule has 0 bridgehead atoms. The summed E-state index contributed by atoms with van der Waals surface area (Å²) in [5.41, 5.74) is 3.75. The lowest BCUT2D eigenvalue weighted by molar-refractivity contribution is -0.124. The summed E-state index contributed by atoms with van der Waals surface area (Å²) in [6.07, 6.45) is 1.05. The Morgan fingerprint density at radius 3 is 2.53 bits per heavy atom. The molecule has 1 saturated heterocycles. The van der Waals surface area contributed by atoms with E-state index in [0.29, 0.717) is 6.54 Å². The van der Waals surface area contributed by atoms with Crippen molar-refractivity contribution in [2.75, 3.05) is 6.54 Å². The summed E-state index contributed by atoms with van der Waals surface area (Å²) in [4.78, 5) is 12.3. The molecule has 0 radical (unpaired) electrons. The number of hydrogen-bond donors (Lipinski definition) is 2. The predicted octanol–water partition coefficient (Wildman–Crippen LogP) is 2.31. The Bertz CT molecular complexity index is 459.